The van der Waals surface area contributed by atoms with E-state index in [2.05, 4.69) is 5.43 Å². The van der Waals surface area contributed by atoms with Gasteiger partial charge >= 0.3 is 0 Å². The van der Waals surface area contributed by atoms with Crippen molar-refractivity contribution in [1.82, 2.24) is 10.4 Å². The number of rotatable bonds is 5. The highest BCUT2D eigenvalue weighted by Gasteiger charge is 2.31. The van der Waals surface area contributed by atoms with Crippen LogP contribution in [0.15, 0.2) is 11.6 Å². The van der Waals surface area contributed by atoms with Crippen molar-refractivity contribution in [2.75, 3.05) is 0 Å². The number of carbonyl (C=O) groups excluding carboxylic acids is 2. The molecule has 2 N–H and O–H groups in total. The molecule has 5 nitrogen and oxygen atoms in total. The molecule has 16 heavy (non-hydrogen) atoms. The third-order valence-corrected chi connectivity index (χ3v) is 2.38. The number of aliphatic hydroxyl groups is 1. The van der Waals surface area contributed by atoms with Gasteiger partial charge in [-0.3, -0.25) is 15.0 Å². The fourth-order valence-electron chi connectivity index (χ4n) is 1.61. The summed E-state index contributed by atoms with van der Waals surface area (Å²) < 4.78 is 0. The minimum absolute atomic E-state index is 0.249. The van der Waals surface area contributed by atoms with Crippen LogP contribution in [-0.4, -0.2) is 28.2 Å². The highest BCUT2D eigenvalue weighted by atomic mass is 16.3. The lowest BCUT2D eigenvalue weighted by atomic mass is 10.1. The van der Waals surface area contributed by atoms with Gasteiger partial charge in [0.2, 0.25) is 5.91 Å². The fourth-order valence-corrected chi connectivity index (χ4v) is 1.61. The molecule has 0 spiro atoms. The zero-order valence-corrected chi connectivity index (χ0v) is 9.69. The summed E-state index contributed by atoms with van der Waals surface area (Å²) in [4.78, 5) is 22.8. The maximum Gasteiger partial charge on any atom is 0.267 e. The van der Waals surface area contributed by atoms with Crippen molar-refractivity contribution in [2.45, 2.75) is 45.8 Å². The van der Waals surface area contributed by atoms with Crippen molar-refractivity contribution >= 4 is 11.8 Å². The molecule has 0 fully saturated rings. The standard InChI is InChI=1S/C11H18N2O3/c1-3-5-8-7-10(15)13(11(8)16)12-9(14)6-4-2/h7,11,16H,3-6H2,1-2H3,(H,12,14). The summed E-state index contributed by atoms with van der Waals surface area (Å²) in [5, 5.41) is 10.8. The third kappa shape index (κ3) is 2.82. The second-order valence-corrected chi connectivity index (χ2v) is 3.84. The maximum absolute atomic E-state index is 11.5. The van der Waals surface area contributed by atoms with Gasteiger partial charge < -0.3 is 5.11 Å². The van der Waals surface area contributed by atoms with Crippen LogP contribution in [0.4, 0.5) is 0 Å². The van der Waals surface area contributed by atoms with E-state index in [0.29, 0.717) is 24.8 Å². The van der Waals surface area contributed by atoms with Crippen molar-refractivity contribution in [3.8, 4) is 0 Å². The Morgan fingerprint density at radius 2 is 2.19 bits per heavy atom. The number of hydrogen-bond acceptors (Lipinski definition) is 3. The topological polar surface area (TPSA) is 69.6 Å². The van der Waals surface area contributed by atoms with Gasteiger partial charge in [0.1, 0.15) is 0 Å². The second kappa shape index (κ2) is 5.65. The first kappa shape index (κ1) is 12.7. The molecule has 0 aromatic carbocycles. The quantitative estimate of drug-likeness (QED) is 0.725. The van der Waals surface area contributed by atoms with Crippen LogP contribution in [-0.2, 0) is 9.59 Å². The molecule has 1 heterocycles. The molecular weight excluding hydrogens is 208 g/mol. The number of nitrogens with zero attached hydrogens (tertiary/aromatic N) is 1. The van der Waals surface area contributed by atoms with Crippen molar-refractivity contribution in [3.63, 3.8) is 0 Å². The summed E-state index contributed by atoms with van der Waals surface area (Å²) in [6.07, 6.45) is 2.95. The molecular formula is C11H18N2O3. The number of aliphatic hydroxyl groups excluding tert-OH is 1. The summed E-state index contributed by atoms with van der Waals surface area (Å²) in [6.45, 7) is 3.85. The van der Waals surface area contributed by atoms with Gasteiger partial charge in [-0.2, -0.15) is 0 Å². The first-order valence-electron chi connectivity index (χ1n) is 5.61. The lowest BCUT2D eigenvalue weighted by Crippen LogP contribution is -2.48. The van der Waals surface area contributed by atoms with Crippen LogP contribution < -0.4 is 5.43 Å². The molecule has 90 valence electrons. The van der Waals surface area contributed by atoms with Gasteiger partial charge in [0.15, 0.2) is 6.23 Å². The summed E-state index contributed by atoms with van der Waals surface area (Å²) in [5.41, 5.74) is 3.07. The van der Waals surface area contributed by atoms with Crippen LogP contribution in [0.2, 0.25) is 0 Å². The number of carbonyl (C=O) groups is 2. The summed E-state index contributed by atoms with van der Waals surface area (Å²) in [6, 6.07) is 0. The van der Waals surface area contributed by atoms with E-state index < -0.39 is 6.23 Å². The highest BCUT2D eigenvalue weighted by molar-refractivity contribution is 5.93. The molecule has 2 amide bonds. The van der Waals surface area contributed by atoms with Crippen LogP contribution in [0.25, 0.3) is 0 Å². The van der Waals surface area contributed by atoms with Gasteiger partial charge in [0.05, 0.1) is 0 Å². The van der Waals surface area contributed by atoms with Crippen molar-refractivity contribution in [1.29, 1.82) is 0 Å². The van der Waals surface area contributed by atoms with Gasteiger partial charge in [-0.05, 0) is 18.4 Å². The fraction of sp³-hybridized carbons (Fsp3) is 0.636. The van der Waals surface area contributed by atoms with E-state index in [1.54, 1.807) is 0 Å². The average molecular weight is 226 g/mol. The van der Waals surface area contributed by atoms with Crippen LogP contribution in [0.1, 0.15) is 39.5 Å². The van der Waals surface area contributed by atoms with E-state index in [9.17, 15) is 14.7 Å². The largest absolute Gasteiger partial charge is 0.368 e. The van der Waals surface area contributed by atoms with Crippen molar-refractivity contribution < 1.29 is 14.7 Å². The number of nitrogens with one attached hydrogen (secondary N) is 1. The molecule has 0 aliphatic carbocycles. The summed E-state index contributed by atoms with van der Waals surface area (Å²) in [5.74, 6) is -0.610. The Bertz CT molecular complexity index is 312. The Morgan fingerprint density at radius 1 is 1.50 bits per heavy atom. The summed E-state index contributed by atoms with van der Waals surface area (Å²) >= 11 is 0. The zero-order chi connectivity index (χ0) is 12.1. The van der Waals surface area contributed by atoms with Crippen molar-refractivity contribution in [3.05, 3.63) is 11.6 Å². The number of amides is 2. The van der Waals surface area contributed by atoms with Gasteiger partial charge in [0, 0.05) is 12.5 Å². The minimum Gasteiger partial charge on any atom is -0.368 e. The van der Waals surface area contributed by atoms with Crippen LogP contribution >= 0.6 is 0 Å². The van der Waals surface area contributed by atoms with E-state index >= 15 is 0 Å². The number of hydrazine groups is 1. The number of hydrogen-bond donors (Lipinski definition) is 2. The van der Waals surface area contributed by atoms with E-state index in [-0.39, 0.29) is 11.8 Å². The van der Waals surface area contributed by atoms with Crippen LogP contribution in [0.3, 0.4) is 0 Å². The molecule has 0 bridgehead atoms. The molecule has 0 radical (unpaired) electrons. The van der Waals surface area contributed by atoms with E-state index in [0.717, 1.165) is 11.4 Å². The molecule has 0 saturated heterocycles. The van der Waals surface area contributed by atoms with Gasteiger partial charge in [0.25, 0.3) is 5.91 Å². The summed E-state index contributed by atoms with van der Waals surface area (Å²) in [7, 11) is 0. The van der Waals surface area contributed by atoms with E-state index in [1.807, 2.05) is 13.8 Å². The molecule has 1 rings (SSSR count). The molecule has 0 saturated carbocycles. The molecule has 1 aliphatic heterocycles. The van der Waals surface area contributed by atoms with Gasteiger partial charge in [-0.15, -0.1) is 0 Å². The van der Waals surface area contributed by atoms with Crippen molar-refractivity contribution in [2.24, 2.45) is 0 Å². The molecule has 1 atom stereocenters. The Kier molecular flexibility index (Phi) is 4.49. The molecule has 5 heteroatoms. The monoisotopic (exact) mass is 226 g/mol. The smallest absolute Gasteiger partial charge is 0.267 e. The first-order chi connectivity index (χ1) is 7.60. The Labute approximate surface area is 95.1 Å². The van der Waals surface area contributed by atoms with E-state index in [4.69, 9.17) is 0 Å². The van der Waals surface area contributed by atoms with Gasteiger partial charge in [-0.1, -0.05) is 20.3 Å². The zero-order valence-electron chi connectivity index (χ0n) is 9.69. The predicted octanol–water partition coefficient (Wildman–Crippen LogP) is 0.705. The maximum atomic E-state index is 11.5. The van der Waals surface area contributed by atoms with Crippen LogP contribution in [0, 0.1) is 0 Å². The minimum atomic E-state index is -1.01. The van der Waals surface area contributed by atoms with Crippen LogP contribution in [0.5, 0.6) is 0 Å². The SMILES string of the molecule is CCCC(=O)NN1C(=O)C=C(CCC)C1O. The van der Waals surface area contributed by atoms with Gasteiger partial charge in [-0.25, -0.2) is 5.01 Å². The molecule has 0 aromatic heterocycles. The average Bonchev–Trinajstić information content (AvgIpc) is 2.47. The van der Waals surface area contributed by atoms with E-state index in [1.165, 1.54) is 6.08 Å². The predicted molar refractivity (Wildman–Crippen MR) is 58.9 cm³/mol. The lowest BCUT2D eigenvalue weighted by molar-refractivity contribution is -0.144. The second-order valence-electron chi connectivity index (χ2n) is 3.84. The Balaban J connectivity index is 2.58. The molecule has 0 aromatic rings. The highest BCUT2D eigenvalue weighted by Crippen LogP contribution is 2.19. The molecule has 1 unspecified atom stereocenters. The lowest BCUT2D eigenvalue weighted by Gasteiger charge is -2.23. The molecule has 1 aliphatic rings. The third-order valence-electron chi connectivity index (χ3n) is 2.38. The Morgan fingerprint density at radius 3 is 2.75 bits per heavy atom. The normalized spacial score (nSPS) is 19.9. The first-order valence-corrected chi connectivity index (χ1v) is 5.61. The Hall–Kier alpha value is -1.36.